The fraction of sp³-hybridized carbons (Fsp3) is 0.0833. The number of nitrogens with zero attached hydrogens (tertiary/aromatic N) is 1. The molecule has 11 nitrogen and oxygen atoms in total. The summed E-state index contributed by atoms with van der Waals surface area (Å²) in [5, 5.41) is 51.8. The van der Waals surface area contributed by atoms with Crippen LogP contribution >= 0.6 is 0 Å². The number of nitro groups is 1. The predicted octanol–water partition coefficient (Wildman–Crippen LogP) is 3.63. The van der Waals surface area contributed by atoms with Gasteiger partial charge in [-0.3, -0.25) is 19.7 Å². The van der Waals surface area contributed by atoms with Crippen LogP contribution < -0.4 is 10.2 Å². The molecule has 4 aromatic rings. The number of benzene rings is 3. The molecule has 0 saturated carbocycles. The number of hydrogen-bond acceptors (Lipinski definition) is 10. The van der Waals surface area contributed by atoms with E-state index < -0.39 is 56.4 Å². The van der Waals surface area contributed by atoms with Gasteiger partial charge in [-0.2, -0.15) is 0 Å². The minimum absolute atomic E-state index is 0.0175. The number of carbonyl (C=O) groups is 1. The number of para-hydroxylation sites is 1. The van der Waals surface area contributed by atoms with Crippen molar-refractivity contribution in [2.24, 2.45) is 0 Å². The van der Waals surface area contributed by atoms with Gasteiger partial charge in [-0.1, -0.05) is 18.2 Å². The average molecular weight is 477 g/mol. The second kappa shape index (κ2) is 7.76. The molecule has 3 aromatic carbocycles. The van der Waals surface area contributed by atoms with E-state index >= 15 is 0 Å². The number of nitro benzene ring substituents is 1. The molecule has 0 amide bonds. The van der Waals surface area contributed by atoms with Crippen LogP contribution in [0, 0.1) is 10.1 Å². The van der Waals surface area contributed by atoms with Gasteiger partial charge in [0, 0.05) is 34.7 Å². The Morgan fingerprint density at radius 2 is 1.69 bits per heavy atom. The van der Waals surface area contributed by atoms with Crippen molar-refractivity contribution in [2.45, 2.75) is 12.3 Å². The quantitative estimate of drug-likeness (QED) is 0.112. The highest BCUT2D eigenvalue weighted by molar-refractivity contribution is 5.94. The normalized spacial score (nSPS) is 15.0. The number of ether oxygens (including phenoxy) is 1. The van der Waals surface area contributed by atoms with E-state index in [9.17, 15) is 40.1 Å². The Kier molecular flexibility index (Phi) is 4.83. The van der Waals surface area contributed by atoms with E-state index in [1.54, 1.807) is 6.07 Å². The second-order valence-corrected chi connectivity index (χ2v) is 7.87. The number of esters is 1. The fourth-order valence-corrected chi connectivity index (χ4v) is 4.26. The molecule has 35 heavy (non-hydrogen) atoms. The molecule has 1 aliphatic rings. The fourth-order valence-electron chi connectivity index (χ4n) is 4.26. The molecule has 0 bridgehead atoms. The lowest BCUT2D eigenvalue weighted by Gasteiger charge is -2.26. The number of aromatic hydroxyl groups is 4. The highest BCUT2D eigenvalue weighted by atomic mass is 16.6. The van der Waals surface area contributed by atoms with Crippen molar-refractivity contribution in [3.8, 4) is 40.1 Å². The van der Waals surface area contributed by atoms with Crippen LogP contribution in [0.2, 0.25) is 0 Å². The number of phenols is 3. The molecule has 0 aliphatic carbocycles. The summed E-state index contributed by atoms with van der Waals surface area (Å²) < 4.78 is 11.1. The molecule has 1 aliphatic heterocycles. The third kappa shape index (κ3) is 3.37. The number of hydrogen-bond donors (Lipinski definition) is 4. The van der Waals surface area contributed by atoms with Crippen molar-refractivity contribution in [1.29, 1.82) is 0 Å². The summed E-state index contributed by atoms with van der Waals surface area (Å²) in [7, 11) is 0. The van der Waals surface area contributed by atoms with Crippen molar-refractivity contribution < 1.29 is 39.3 Å². The predicted molar refractivity (Wildman–Crippen MR) is 120 cm³/mol. The summed E-state index contributed by atoms with van der Waals surface area (Å²) in [6.45, 7) is 0. The Labute approximate surface area is 194 Å². The number of carbonyl (C=O) groups excluding carboxylic acids is 1. The molecule has 176 valence electrons. The average Bonchev–Trinajstić information content (AvgIpc) is 2.82. The van der Waals surface area contributed by atoms with Crippen molar-refractivity contribution in [1.82, 2.24) is 0 Å². The van der Waals surface area contributed by atoms with Gasteiger partial charge >= 0.3 is 5.97 Å². The summed E-state index contributed by atoms with van der Waals surface area (Å²) in [5.41, 5.74) is -1.29. The molecule has 1 aromatic heterocycles. The van der Waals surface area contributed by atoms with Crippen molar-refractivity contribution in [2.75, 3.05) is 0 Å². The molecule has 4 N–H and O–H groups in total. The zero-order chi connectivity index (χ0) is 25.0. The smallest absolute Gasteiger partial charge is 0.312 e. The Morgan fingerprint density at radius 1 is 0.943 bits per heavy atom. The summed E-state index contributed by atoms with van der Waals surface area (Å²) in [6, 6.07) is 10.2. The first-order valence-corrected chi connectivity index (χ1v) is 10.2. The standard InChI is InChI=1S/C24H15NO10/c26-14-6-5-10(7-15(14)27)23-22(31)21(30)20-16(28)9-17-19(24(20)35-23)12(8-18(29)34-17)11-3-1-2-4-13(11)25(32)33/h1-7,9,12,26-28,31H,8H2/t12-/m0/s1. The highest BCUT2D eigenvalue weighted by Crippen LogP contribution is 2.48. The van der Waals surface area contributed by atoms with Gasteiger partial charge in [0.25, 0.3) is 5.69 Å². The number of rotatable bonds is 3. The molecule has 0 saturated heterocycles. The molecule has 0 unspecified atom stereocenters. The maximum absolute atomic E-state index is 13.1. The molecule has 2 heterocycles. The maximum atomic E-state index is 13.1. The summed E-state index contributed by atoms with van der Waals surface area (Å²) in [6.07, 6.45) is -0.322. The Balaban J connectivity index is 1.88. The van der Waals surface area contributed by atoms with Gasteiger partial charge in [-0.25, -0.2) is 0 Å². The van der Waals surface area contributed by atoms with Crippen molar-refractivity contribution in [3.05, 3.63) is 80.0 Å². The summed E-state index contributed by atoms with van der Waals surface area (Å²) in [4.78, 5) is 36.5. The first-order chi connectivity index (χ1) is 16.7. The molecule has 0 spiro atoms. The van der Waals surface area contributed by atoms with E-state index in [-0.39, 0.29) is 40.1 Å². The topological polar surface area (TPSA) is 181 Å². The molecule has 11 heteroatoms. The lowest BCUT2D eigenvalue weighted by Crippen LogP contribution is -2.22. The molecular formula is C24H15NO10. The van der Waals surface area contributed by atoms with Crippen LogP contribution in [0.3, 0.4) is 0 Å². The van der Waals surface area contributed by atoms with Crippen LogP contribution in [0.4, 0.5) is 5.69 Å². The van der Waals surface area contributed by atoms with E-state index in [2.05, 4.69) is 0 Å². The first-order valence-electron chi connectivity index (χ1n) is 10.2. The Morgan fingerprint density at radius 3 is 2.40 bits per heavy atom. The minimum atomic E-state index is -1.02. The first kappa shape index (κ1) is 21.8. The Hall–Kier alpha value is -5.06. The lowest BCUT2D eigenvalue weighted by molar-refractivity contribution is -0.385. The van der Waals surface area contributed by atoms with Gasteiger partial charge < -0.3 is 29.6 Å². The molecule has 1 atom stereocenters. The van der Waals surface area contributed by atoms with Gasteiger partial charge in [0.2, 0.25) is 11.2 Å². The largest absolute Gasteiger partial charge is 0.507 e. The Bertz CT molecular complexity index is 1620. The van der Waals surface area contributed by atoms with Crippen LogP contribution in [-0.2, 0) is 4.79 Å². The van der Waals surface area contributed by atoms with E-state index in [4.69, 9.17) is 9.15 Å². The second-order valence-electron chi connectivity index (χ2n) is 7.87. The van der Waals surface area contributed by atoms with Crippen LogP contribution in [-0.4, -0.2) is 31.3 Å². The van der Waals surface area contributed by atoms with E-state index in [0.717, 1.165) is 18.2 Å². The van der Waals surface area contributed by atoms with Gasteiger partial charge in [0.15, 0.2) is 17.3 Å². The third-order valence-electron chi connectivity index (χ3n) is 5.81. The van der Waals surface area contributed by atoms with Crippen molar-refractivity contribution >= 4 is 22.6 Å². The van der Waals surface area contributed by atoms with Crippen LogP contribution in [0.15, 0.2) is 57.7 Å². The summed E-state index contributed by atoms with van der Waals surface area (Å²) in [5.74, 6) is -4.78. The monoisotopic (exact) mass is 477 g/mol. The lowest BCUT2D eigenvalue weighted by atomic mass is 9.84. The van der Waals surface area contributed by atoms with Gasteiger partial charge in [0.1, 0.15) is 22.5 Å². The van der Waals surface area contributed by atoms with E-state index in [1.807, 2.05) is 0 Å². The van der Waals surface area contributed by atoms with Crippen molar-refractivity contribution in [3.63, 3.8) is 0 Å². The minimum Gasteiger partial charge on any atom is -0.507 e. The highest BCUT2D eigenvalue weighted by Gasteiger charge is 2.37. The van der Waals surface area contributed by atoms with Gasteiger partial charge in [-0.05, 0) is 18.2 Å². The number of phenolic OH excluding ortho intramolecular Hbond substituents is 3. The van der Waals surface area contributed by atoms with Gasteiger partial charge in [0.05, 0.1) is 11.3 Å². The van der Waals surface area contributed by atoms with Crippen LogP contribution in [0.1, 0.15) is 23.5 Å². The number of fused-ring (bicyclic) bond motifs is 3. The third-order valence-corrected chi connectivity index (χ3v) is 5.81. The van der Waals surface area contributed by atoms with Crippen LogP contribution in [0.5, 0.6) is 28.7 Å². The zero-order valence-electron chi connectivity index (χ0n) is 17.6. The summed E-state index contributed by atoms with van der Waals surface area (Å²) >= 11 is 0. The van der Waals surface area contributed by atoms with Gasteiger partial charge in [-0.15, -0.1) is 0 Å². The molecule has 0 fully saturated rings. The van der Waals surface area contributed by atoms with Crippen LogP contribution in [0.25, 0.3) is 22.3 Å². The molecular weight excluding hydrogens is 462 g/mol. The zero-order valence-corrected chi connectivity index (χ0v) is 17.6. The molecule has 0 radical (unpaired) electrons. The maximum Gasteiger partial charge on any atom is 0.312 e. The molecule has 5 rings (SSSR count). The SMILES string of the molecule is O=C1C[C@@H](c2ccccc2[N+](=O)[O-])c2c(cc(O)c3c(=O)c(O)c(-c4ccc(O)c(O)c4)oc23)O1. The van der Waals surface area contributed by atoms with E-state index in [1.165, 1.54) is 24.3 Å². The van der Waals surface area contributed by atoms with E-state index in [0.29, 0.717) is 0 Å².